The van der Waals surface area contributed by atoms with Crippen molar-refractivity contribution >= 4 is 16.8 Å². The summed E-state index contributed by atoms with van der Waals surface area (Å²) in [5.41, 5.74) is 2.39. The highest BCUT2D eigenvalue weighted by atomic mass is 16.5. The third-order valence-electron chi connectivity index (χ3n) is 3.87. The maximum Gasteiger partial charge on any atom is 0.222 e. The van der Waals surface area contributed by atoms with Gasteiger partial charge in [-0.3, -0.25) is 4.79 Å². The first kappa shape index (κ1) is 13.2. The molecule has 0 spiro atoms. The highest BCUT2D eigenvalue weighted by molar-refractivity contribution is 5.81. The fourth-order valence-corrected chi connectivity index (χ4v) is 2.81. The molecule has 0 saturated carbocycles. The molecule has 4 heteroatoms. The molecule has 1 amide bonds. The molecule has 1 aromatic heterocycles. The number of hydrogen-bond donors (Lipinski definition) is 1. The van der Waals surface area contributed by atoms with Crippen LogP contribution in [-0.4, -0.2) is 29.7 Å². The summed E-state index contributed by atoms with van der Waals surface area (Å²) in [4.78, 5) is 12.0. The van der Waals surface area contributed by atoms with E-state index in [0.717, 1.165) is 19.6 Å². The van der Waals surface area contributed by atoms with Crippen LogP contribution in [0.5, 0.6) is 0 Å². The molecule has 2 heterocycles. The minimum absolute atomic E-state index is 0.109. The smallest absolute Gasteiger partial charge is 0.222 e. The minimum Gasteiger partial charge on any atom is -0.379 e. The first-order chi connectivity index (χ1) is 9.74. The van der Waals surface area contributed by atoms with Gasteiger partial charge in [0.25, 0.3) is 0 Å². The molecule has 1 aliphatic rings. The van der Waals surface area contributed by atoms with Gasteiger partial charge in [-0.15, -0.1) is 0 Å². The molecular formula is C16H20N2O2. The second-order valence-corrected chi connectivity index (χ2v) is 5.37. The number of carbonyl (C=O) groups excluding carboxylic acids is 1. The molecule has 1 atom stereocenters. The number of para-hydroxylation sites is 1. The number of aromatic nitrogens is 1. The highest BCUT2D eigenvalue weighted by Gasteiger charge is 2.17. The zero-order valence-electron chi connectivity index (χ0n) is 11.8. The van der Waals surface area contributed by atoms with Gasteiger partial charge >= 0.3 is 0 Å². The Labute approximate surface area is 118 Å². The fourth-order valence-electron chi connectivity index (χ4n) is 2.81. The van der Waals surface area contributed by atoms with E-state index in [0.29, 0.717) is 13.0 Å². The number of aryl methyl sites for hydroxylation is 2. The van der Waals surface area contributed by atoms with Gasteiger partial charge in [-0.25, -0.2) is 0 Å². The lowest BCUT2D eigenvalue weighted by molar-refractivity contribution is -0.122. The van der Waals surface area contributed by atoms with Crippen LogP contribution in [0.25, 0.3) is 10.9 Å². The van der Waals surface area contributed by atoms with Crippen LogP contribution in [0, 0.1) is 6.92 Å². The molecule has 20 heavy (non-hydrogen) atoms. The second-order valence-electron chi connectivity index (χ2n) is 5.37. The van der Waals surface area contributed by atoms with Gasteiger partial charge in [0.15, 0.2) is 0 Å². The van der Waals surface area contributed by atoms with Crippen LogP contribution in [-0.2, 0) is 16.1 Å². The Hall–Kier alpha value is -1.81. The van der Waals surface area contributed by atoms with E-state index >= 15 is 0 Å². The molecule has 1 aromatic carbocycles. The topological polar surface area (TPSA) is 43.3 Å². The van der Waals surface area contributed by atoms with Gasteiger partial charge in [0.05, 0.1) is 12.6 Å². The monoisotopic (exact) mass is 272 g/mol. The summed E-state index contributed by atoms with van der Waals surface area (Å²) in [6.45, 7) is 4.21. The van der Waals surface area contributed by atoms with Gasteiger partial charge in [0, 0.05) is 30.8 Å². The molecule has 0 radical (unpaired) electrons. The predicted octanol–water partition coefficient (Wildman–Crippen LogP) is 2.24. The van der Waals surface area contributed by atoms with E-state index in [4.69, 9.17) is 4.74 Å². The molecule has 0 unspecified atom stereocenters. The summed E-state index contributed by atoms with van der Waals surface area (Å²) >= 11 is 0. The number of ether oxygens (including phenoxy) is 1. The number of fused-ring (bicyclic) bond motifs is 1. The molecule has 0 bridgehead atoms. The number of nitrogens with zero attached hydrogens (tertiary/aromatic N) is 1. The van der Waals surface area contributed by atoms with E-state index in [2.05, 4.69) is 35.0 Å². The van der Waals surface area contributed by atoms with Gasteiger partial charge in [-0.05, 0) is 30.9 Å². The lowest BCUT2D eigenvalue weighted by Crippen LogP contribution is -2.35. The zero-order chi connectivity index (χ0) is 13.9. The summed E-state index contributed by atoms with van der Waals surface area (Å²) < 4.78 is 7.47. The van der Waals surface area contributed by atoms with Gasteiger partial charge < -0.3 is 14.6 Å². The quantitative estimate of drug-likeness (QED) is 0.927. The van der Waals surface area contributed by atoms with E-state index in [1.54, 1.807) is 0 Å². The number of amides is 1. The second kappa shape index (κ2) is 5.67. The molecule has 1 saturated heterocycles. The van der Waals surface area contributed by atoms with Crippen molar-refractivity contribution in [2.24, 2.45) is 0 Å². The normalized spacial score (nSPS) is 18.6. The van der Waals surface area contributed by atoms with Gasteiger partial charge in [0.2, 0.25) is 5.91 Å². The fraction of sp³-hybridized carbons (Fsp3) is 0.438. The Bertz CT molecular complexity index is 612. The van der Waals surface area contributed by atoms with E-state index < -0.39 is 0 Å². The van der Waals surface area contributed by atoms with Crippen LogP contribution in [0.4, 0.5) is 0 Å². The van der Waals surface area contributed by atoms with Crippen molar-refractivity contribution in [2.75, 3.05) is 13.2 Å². The van der Waals surface area contributed by atoms with Crippen LogP contribution in [0.1, 0.15) is 18.5 Å². The maximum absolute atomic E-state index is 12.0. The first-order valence-electron chi connectivity index (χ1n) is 7.16. The van der Waals surface area contributed by atoms with Crippen LogP contribution in [0.3, 0.4) is 0 Å². The minimum atomic E-state index is 0.109. The van der Waals surface area contributed by atoms with Crippen LogP contribution in [0.2, 0.25) is 0 Å². The van der Waals surface area contributed by atoms with Gasteiger partial charge in [-0.1, -0.05) is 18.2 Å². The van der Waals surface area contributed by atoms with Crippen molar-refractivity contribution in [1.82, 2.24) is 9.88 Å². The van der Waals surface area contributed by atoms with Crippen molar-refractivity contribution in [3.05, 3.63) is 36.0 Å². The van der Waals surface area contributed by atoms with E-state index in [-0.39, 0.29) is 11.9 Å². The Kier molecular flexibility index (Phi) is 3.74. The van der Waals surface area contributed by atoms with E-state index in [1.807, 2.05) is 12.1 Å². The molecule has 1 fully saturated rings. The molecule has 1 aliphatic heterocycles. The summed E-state index contributed by atoms with van der Waals surface area (Å²) in [5.74, 6) is 0.109. The maximum atomic E-state index is 12.0. The molecule has 106 valence electrons. The summed E-state index contributed by atoms with van der Waals surface area (Å²) in [6.07, 6.45) is 1.44. The van der Waals surface area contributed by atoms with Gasteiger partial charge in [-0.2, -0.15) is 0 Å². The third-order valence-corrected chi connectivity index (χ3v) is 3.87. The Morgan fingerprint density at radius 1 is 1.45 bits per heavy atom. The summed E-state index contributed by atoms with van der Waals surface area (Å²) in [6, 6.07) is 10.6. The first-order valence-corrected chi connectivity index (χ1v) is 7.16. The van der Waals surface area contributed by atoms with Crippen LogP contribution in [0.15, 0.2) is 30.3 Å². The van der Waals surface area contributed by atoms with Crippen LogP contribution >= 0.6 is 0 Å². The number of rotatable bonds is 4. The molecular weight excluding hydrogens is 252 g/mol. The molecule has 4 nitrogen and oxygen atoms in total. The molecule has 2 aromatic rings. The van der Waals surface area contributed by atoms with Gasteiger partial charge in [0.1, 0.15) is 0 Å². The molecule has 0 aliphatic carbocycles. The predicted molar refractivity (Wildman–Crippen MR) is 78.7 cm³/mol. The average molecular weight is 272 g/mol. The largest absolute Gasteiger partial charge is 0.379 e. The summed E-state index contributed by atoms with van der Waals surface area (Å²) in [5, 5.41) is 4.26. The van der Waals surface area contributed by atoms with Crippen molar-refractivity contribution in [1.29, 1.82) is 0 Å². The highest BCUT2D eigenvalue weighted by Crippen LogP contribution is 2.19. The van der Waals surface area contributed by atoms with Crippen molar-refractivity contribution in [3.63, 3.8) is 0 Å². The average Bonchev–Trinajstić information content (AvgIpc) is 3.03. The molecule has 1 N–H and O–H groups in total. The summed E-state index contributed by atoms with van der Waals surface area (Å²) in [7, 11) is 0. The number of benzene rings is 1. The number of carbonyl (C=O) groups is 1. The van der Waals surface area contributed by atoms with Crippen molar-refractivity contribution in [3.8, 4) is 0 Å². The number of hydrogen-bond acceptors (Lipinski definition) is 2. The Morgan fingerprint density at radius 3 is 3.10 bits per heavy atom. The third kappa shape index (κ3) is 2.70. The van der Waals surface area contributed by atoms with Crippen molar-refractivity contribution < 1.29 is 9.53 Å². The van der Waals surface area contributed by atoms with E-state index in [1.165, 1.54) is 16.6 Å². The number of nitrogens with one attached hydrogen (secondary N) is 1. The Morgan fingerprint density at radius 2 is 2.30 bits per heavy atom. The van der Waals surface area contributed by atoms with Crippen LogP contribution < -0.4 is 5.32 Å². The van der Waals surface area contributed by atoms with Crippen molar-refractivity contribution in [2.45, 2.75) is 32.4 Å². The van der Waals surface area contributed by atoms with E-state index in [9.17, 15) is 4.79 Å². The lowest BCUT2D eigenvalue weighted by Gasteiger charge is -2.12. The molecule has 3 rings (SSSR count). The SMILES string of the molecule is Cc1cc2ccccc2n1CCC(=O)N[C@@H]1CCOC1. The zero-order valence-corrected chi connectivity index (χ0v) is 11.8. The lowest BCUT2D eigenvalue weighted by atomic mass is 10.2. The standard InChI is InChI=1S/C16H20N2O2/c1-12-10-13-4-2-3-5-15(13)18(12)8-6-16(19)17-14-7-9-20-11-14/h2-5,10,14H,6-9,11H2,1H3,(H,17,19)/t14-/m1/s1. The Balaban J connectivity index is 1.64.